The Morgan fingerprint density at radius 2 is 1.69 bits per heavy atom. The zero-order valence-corrected chi connectivity index (χ0v) is 20.5. The number of carbonyl (C=O) groups excluding carboxylic acids is 1. The van der Waals surface area contributed by atoms with Gasteiger partial charge in [-0.25, -0.2) is 8.42 Å². The Balaban J connectivity index is 1.50. The summed E-state index contributed by atoms with van der Waals surface area (Å²) in [6, 6.07) is 22.8. The van der Waals surface area contributed by atoms with Crippen molar-refractivity contribution in [1.82, 2.24) is 4.72 Å². The molecule has 4 rings (SSSR count). The third-order valence-corrected chi connectivity index (χ3v) is 7.69. The predicted molar refractivity (Wildman–Crippen MR) is 135 cm³/mol. The van der Waals surface area contributed by atoms with Crippen LogP contribution in [0, 0.1) is 12.8 Å². The maximum absolute atomic E-state index is 13.1. The maximum atomic E-state index is 13.1. The molecule has 0 spiro atoms. The van der Waals surface area contributed by atoms with Gasteiger partial charge in [-0.3, -0.25) is 4.79 Å². The molecule has 0 radical (unpaired) electrons. The minimum absolute atomic E-state index is 0.146. The number of benzene rings is 3. The number of aryl methyl sites for hydroxylation is 1. The van der Waals surface area contributed by atoms with Gasteiger partial charge in [0.25, 0.3) is 0 Å². The van der Waals surface area contributed by atoms with Gasteiger partial charge >= 0.3 is 5.97 Å². The summed E-state index contributed by atoms with van der Waals surface area (Å²) >= 11 is 0. The molecule has 0 saturated heterocycles. The highest BCUT2D eigenvalue weighted by Gasteiger charge is 2.39. The van der Waals surface area contributed by atoms with Crippen molar-refractivity contribution in [3.05, 3.63) is 107 Å². The van der Waals surface area contributed by atoms with E-state index in [1.807, 2.05) is 61.5 Å². The Hall–Kier alpha value is -3.26. The lowest BCUT2D eigenvalue weighted by atomic mass is 10.0. The van der Waals surface area contributed by atoms with Crippen LogP contribution in [-0.4, -0.2) is 31.7 Å². The molecule has 182 valence electrons. The number of aliphatic hydroxyl groups excluding tert-OH is 1. The molecular weight excluding hydrogens is 462 g/mol. The maximum Gasteiger partial charge on any atom is 0.311 e. The number of sulfonamides is 1. The molecule has 3 aromatic rings. The molecule has 35 heavy (non-hydrogen) atoms. The fraction of sp³-hybridized carbons (Fsp3) is 0.250. The second kappa shape index (κ2) is 10.6. The van der Waals surface area contributed by atoms with E-state index in [1.165, 1.54) is 0 Å². The van der Waals surface area contributed by atoms with Crippen molar-refractivity contribution in [2.45, 2.75) is 43.4 Å². The third-order valence-electron chi connectivity index (χ3n) is 6.23. The first-order chi connectivity index (χ1) is 16.7. The fourth-order valence-corrected chi connectivity index (χ4v) is 5.34. The molecular formula is C28H29NO5S. The van der Waals surface area contributed by atoms with E-state index in [2.05, 4.69) is 4.72 Å². The summed E-state index contributed by atoms with van der Waals surface area (Å²) < 4.78 is 34.7. The minimum Gasteiger partial charge on any atom is -0.460 e. The minimum atomic E-state index is -3.85. The first kappa shape index (κ1) is 24.9. The second-order valence-corrected chi connectivity index (χ2v) is 10.6. The van der Waals surface area contributed by atoms with Crippen molar-refractivity contribution >= 4 is 22.1 Å². The molecule has 0 amide bonds. The summed E-state index contributed by atoms with van der Waals surface area (Å²) in [5.41, 5.74) is 3.55. The predicted octanol–water partition coefficient (Wildman–Crippen LogP) is 4.19. The normalized spacial score (nSPS) is 19.3. The van der Waals surface area contributed by atoms with Crippen LogP contribution in [0.4, 0.5) is 0 Å². The quantitative estimate of drug-likeness (QED) is 0.461. The highest BCUT2D eigenvalue weighted by atomic mass is 32.2. The second-order valence-electron chi connectivity index (χ2n) is 8.84. The summed E-state index contributed by atoms with van der Waals surface area (Å²) in [5.74, 6) is -1.42. The lowest BCUT2D eigenvalue weighted by molar-refractivity contribution is -0.157. The largest absolute Gasteiger partial charge is 0.460 e. The van der Waals surface area contributed by atoms with Crippen molar-refractivity contribution in [3.63, 3.8) is 0 Å². The molecule has 0 aromatic heterocycles. The molecule has 1 aliphatic rings. The Morgan fingerprint density at radius 1 is 1.03 bits per heavy atom. The summed E-state index contributed by atoms with van der Waals surface area (Å²) in [5, 5.41) is 10.5. The van der Waals surface area contributed by atoms with Gasteiger partial charge in [0, 0.05) is 6.42 Å². The van der Waals surface area contributed by atoms with Crippen LogP contribution >= 0.6 is 0 Å². The van der Waals surface area contributed by atoms with E-state index >= 15 is 0 Å². The van der Waals surface area contributed by atoms with Crippen LogP contribution in [0.2, 0.25) is 0 Å². The Labute approximate surface area is 206 Å². The summed E-state index contributed by atoms with van der Waals surface area (Å²) in [4.78, 5) is 13.1. The van der Waals surface area contributed by atoms with E-state index in [9.17, 15) is 18.3 Å². The van der Waals surface area contributed by atoms with E-state index in [1.54, 1.807) is 43.3 Å². The molecule has 6 nitrogen and oxygen atoms in total. The smallest absolute Gasteiger partial charge is 0.311 e. The first-order valence-electron chi connectivity index (χ1n) is 11.5. The number of rotatable bonds is 8. The molecule has 2 N–H and O–H groups in total. The number of esters is 1. The zero-order valence-electron chi connectivity index (χ0n) is 19.7. The van der Waals surface area contributed by atoms with Crippen LogP contribution in [0.5, 0.6) is 0 Å². The van der Waals surface area contributed by atoms with Crippen LogP contribution in [0.3, 0.4) is 0 Å². The topological polar surface area (TPSA) is 92.7 Å². The van der Waals surface area contributed by atoms with Gasteiger partial charge in [-0.15, -0.1) is 0 Å². The fourth-order valence-electron chi connectivity index (χ4n) is 4.10. The number of fused-ring (bicyclic) bond motifs is 1. The van der Waals surface area contributed by atoms with E-state index in [0.29, 0.717) is 6.42 Å². The van der Waals surface area contributed by atoms with Crippen LogP contribution in [-0.2, 0) is 26.0 Å². The molecule has 1 aliphatic carbocycles. The molecule has 0 heterocycles. The number of nitrogens with one attached hydrogen (secondary N) is 1. The van der Waals surface area contributed by atoms with Crippen LogP contribution in [0.25, 0.3) is 6.08 Å². The Bertz CT molecular complexity index is 1300. The van der Waals surface area contributed by atoms with Gasteiger partial charge in [0.2, 0.25) is 10.0 Å². The van der Waals surface area contributed by atoms with Crippen LogP contribution < -0.4 is 4.72 Å². The molecule has 0 unspecified atom stereocenters. The van der Waals surface area contributed by atoms with E-state index < -0.39 is 40.2 Å². The van der Waals surface area contributed by atoms with Gasteiger partial charge < -0.3 is 9.84 Å². The zero-order chi connectivity index (χ0) is 25.0. The lowest BCUT2D eigenvalue weighted by Gasteiger charge is -2.24. The SMILES string of the molecule is Cc1ccc(S(=O)(=O)N[C@@H]2c3ccccc3C[C@@H]2OC(=O)[C@H](C)[C@@H](O)/C=C/c2ccccc2)cc1. The van der Waals surface area contributed by atoms with Crippen molar-refractivity contribution in [3.8, 4) is 0 Å². The van der Waals surface area contributed by atoms with Crippen molar-refractivity contribution in [1.29, 1.82) is 0 Å². The number of aliphatic hydroxyl groups is 1. The molecule has 4 atom stereocenters. The first-order valence-corrected chi connectivity index (χ1v) is 13.0. The number of ether oxygens (including phenoxy) is 1. The Kier molecular flexibility index (Phi) is 7.50. The van der Waals surface area contributed by atoms with Gasteiger partial charge in [0.1, 0.15) is 6.10 Å². The monoisotopic (exact) mass is 491 g/mol. The van der Waals surface area contributed by atoms with Crippen LogP contribution in [0.1, 0.15) is 35.2 Å². The highest BCUT2D eigenvalue weighted by molar-refractivity contribution is 7.89. The van der Waals surface area contributed by atoms with Gasteiger partial charge in [-0.2, -0.15) is 4.72 Å². The lowest BCUT2D eigenvalue weighted by Crippen LogP contribution is -2.38. The van der Waals surface area contributed by atoms with Crippen molar-refractivity contribution < 1.29 is 23.1 Å². The van der Waals surface area contributed by atoms with Gasteiger partial charge in [-0.1, -0.05) is 84.4 Å². The van der Waals surface area contributed by atoms with Gasteiger partial charge in [0.15, 0.2) is 0 Å². The molecule has 0 aliphatic heterocycles. The third kappa shape index (κ3) is 5.88. The molecule has 3 aromatic carbocycles. The molecule has 0 saturated carbocycles. The van der Waals surface area contributed by atoms with Crippen molar-refractivity contribution in [2.24, 2.45) is 5.92 Å². The van der Waals surface area contributed by atoms with Gasteiger partial charge in [0.05, 0.1) is 23.0 Å². The molecule has 0 bridgehead atoms. The summed E-state index contributed by atoms with van der Waals surface area (Å²) in [6.45, 7) is 3.48. The van der Waals surface area contributed by atoms with E-state index in [4.69, 9.17) is 4.74 Å². The highest BCUT2D eigenvalue weighted by Crippen LogP contribution is 2.35. The molecule has 7 heteroatoms. The average Bonchev–Trinajstić information content (AvgIpc) is 3.19. The summed E-state index contributed by atoms with van der Waals surface area (Å²) in [7, 11) is -3.85. The number of hydrogen-bond acceptors (Lipinski definition) is 5. The number of hydrogen-bond donors (Lipinski definition) is 2. The molecule has 0 fully saturated rings. The van der Waals surface area contributed by atoms with E-state index in [-0.39, 0.29) is 4.90 Å². The van der Waals surface area contributed by atoms with Crippen LogP contribution in [0.15, 0.2) is 89.8 Å². The van der Waals surface area contributed by atoms with Crippen molar-refractivity contribution in [2.75, 3.05) is 0 Å². The summed E-state index contributed by atoms with van der Waals surface area (Å²) in [6.07, 6.45) is 1.91. The standard InChI is InChI=1S/C28H29NO5S/c1-19-12-15-23(16-13-19)35(32,33)29-27-24-11-7-6-10-22(24)18-26(27)34-28(31)20(2)25(30)17-14-21-8-4-3-5-9-21/h3-17,20,25-27,29-30H,18H2,1-2H3/b17-14+/t20-,25+,26+,27-/m1/s1. The Morgan fingerprint density at radius 3 is 2.40 bits per heavy atom. The average molecular weight is 492 g/mol. The number of carbonyl (C=O) groups is 1. The van der Waals surface area contributed by atoms with E-state index in [0.717, 1.165) is 22.3 Å². The van der Waals surface area contributed by atoms with Gasteiger partial charge in [-0.05, 0) is 42.7 Å².